The Hall–Kier alpha value is -1.36. The van der Waals surface area contributed by atoms with Crippen molar-refractivity contribution in [2.75, 3.05) is 18.5 Å². The van der Waals surface area contributed by atoms with Gasteiger partial charge in [-0.05, 0) is 30.6 Å². The van der Waals surface area contributed by atoms with Crippen molar-refractivity contribution in [2.24, 2.45) is 11.3 Å². The Kier molecular flexibility index (Phi) is 4.24. The van der Waals surface area contributed by atoms with E-state index in [9.17, 15) is 4.79 Å². The third-order valence-corrected chi connectivity index (χ3v) is 3.71. The van der Waals surface area contributed by atoms with Crippen molar-refractivity contribution >= 4 is 5.82 Å². The Morgan fingerprint density at radius 3 is 2.84 bits per heavy atom. The van der Waals surface area contributed by atoms with Crippen molar-refractivity contribution in [2.45, 2.75) is 39.7 Å². The fourth-order valence-electron chi connectivity index (χ4n) is 2.31. The molecule has 1 aromatic rings. The van der Waals surface area contributed by atoms with E-state index in [2.05, 4.69) is 24.1 Å². The van der Waals surface area contributed by atoms with Crippen LogP contribution in [-0.2, 0) is 6.54 Å². The number of rotatable bonds is 7. The third-order valence-electron chi connectivity index (χ3n) is 3.71. The molecule has 2 N–H and O–H groups in total. The van der Waals surface area contributed by atoms with Crippen LogP contribution >= 0.6 is 0 Å². The van der Waals surface area contributed by atoms with Gasteiger partial charge in [0.1, 0.15) is 0 Å². The molecule has 0 bridgehead atoms. The zero-order valence-corrected chi connectivity index (χ0v) is 11.7. The van der Waals surface area contributed by atoms with E-state index in [0.717, 1.165) is 25.8 Å². The highest BCUT2D eigenvalue weighted by Gasteiger charge is 2.41. The molecule has 0 aliphatic heterocycles. The molecule has 19 heavy (non-hydrogen) atoms. The lowest BCUT2D eigenvalue weighted by Crippen LogP contribution is -2.28. The summed E-state index contributed by atoms with van der Waals surface area (Å²) in [5.74, 6) is 0.851. The van der Waals surface area contributed by atoms with Gasteiger partial charge in [0, 0.05) is 32.1 Å². The highest BCUT2D eigenvalue weighted by Crippen LogP contribution is 2.48. The van der Waals surface area contributed by atoms with E-state index in [1.54, 1.807) is 17.0 Å². The largest absolute Gasteiger partial charge is 0.396 e. The highest BCUT2D eigenvalue weighted by molar-refractivity contribution is 5.31. The monoisotopic (exact) mass is 265 g/mol. The molecule has 0 spiro atoms. The second-order valence-corrected chi connectivity index (χ2v) is 5.95. The molecule has 0 saturated heterocycles. The predicted molar refractivity (Wildman–Crippen MR) is 75.2 cm³/mol. The molecule has 0 radical (unpaired) electrons. The van der Waals surface area contributed by atoms with Gasteiger partial charge in [-0.25, -0.2) is 4.98 Å². The van der Waals surface area contributed by atoms with E-state index < -0.39 is 0 Å². The van der Waals surface area contributed by atoms with Crippen molar-refractivity contribution in [3.8, 4) is 0 Å². The van der Waals surface area contributed by atoms with Crippen LogP contribution in [-0.4, -0.2) is 27.8 Å². The lowest BCUT2D eigenvalue weighted by Gasteiger charge is -2.15. The molecule has 5 nitrogen and oxygen atoms in total. The Morgan fingerprint density at radius 2 is 2.26 bits per heavy atom. The Morgan fingerprint density at radius 1 is 1.53 bits per heavy atom. The van der Waals surface area contributed by atoms with E-state index in [1.165, 1.54) is 0 Å². The fraction of sp³-hybridized carbons (Fsp3) is 0.714. The van der Waals surface area contributed by atoms with Crippen LogP contribution in [0.2, 0.25) is 0 Å². The van der Waals surface area contributed by atoms with Crippen LogP contribution in [0.25, 0.3) is 0 Å². The Balaban J connectivity index is 2.03. The lowest BCUT2D eigenvalue weighted by molar-refractivity contribution is 0.253. The average Bonchev–Trinajstić information content (AvgIpc) is 3.11. The van der Waals surface area contributed by atoms with Crippen LogP contribution in [0, 0.1) is 11.3 Å². The van der Waals surface area contributed by atoms with Crippen LogP contribution in [0.15, 0.2) is 17.2 Å². The summed E-state index contributed by atoms with van der Waals surface area (Å²) in [5.41, 5.74) is 0.123. The normalized spacial score (nSPS) is 16.6. The molecular formula is C14H23N3O2. The molecule has 1 fully saturated rings. The summed E-state index contributed by atoms with van der Waals surface area (Å²) < 4.78 is 1.70. The summed E-state index contributed by atoms with van der Waals surface area (Å²) in [5, 5.41) is 12.2. The molecule has 5 heteroatoms. The lowest BCUT2D eigenvalue weighted by atomic mass is 10.0. The molecule has 106 valence electrons. The van der Waals surface area contributed by atoms with Crippen LogP contribution in [0.1, 0.15) is 33.1 Å². The molecular weight excluding hydrogens is 242 g/mol. The molecule has 1 aromatic heterocycles. The van der Waals surface area contributed by atoms with Crippen LogP contribution in [0.4, 0.5) is 5.82 Å². The minimum absolute atomic E-state index is 0.0593. The van der Waals surface area contributed by atoms with E-state index >= 15 is 0 Å². The van der Waals surface area contributed by atoms with Crippen molar-refractivity contribution in [3.63, 3.8) is 0 Å². The summed E-state index contributed by atoms with van der Waals surface area (Å²) >= 11 is 0. The maximum atomic E-state index is 12.2. The number of hydrogen-bond acceptors (Lipinski definition) is 4. The van der Waals surface area contributed by atoms with Gasteiger partial charge in [-0.1, -0.05) is 13.8 Å². The number of nitrogens with zero attached hydrogens (tertiary/aromatic N) is 2. The summed E-state index contributed by atoms with van der Waals surface area (Å²) in [7, 11) is 0. The zero-order valence-electron chi connectivity index (χ0n) is 11.7. The molecule has 1 heterocycles. The van der Waals surface area contributed by atoms with E-state index in [0.29, 0.717) is 18.3 Å². The van der Waals surface area contributed by atoms with Crippen molar-refractivity contribution in [3.05, 3.63) is 22.7 Å². The van der Waals surface area contributed by atoms with Gasteiger partial charge in [0.2, 0.25) is 0 Å². The molecule has 2 rings (SSSR count). The molecule has 0 aromatic carbocycles. The Labute approximate surface area is 113 Å². The van der Waals surface area contributed by atoms with E-state index in [-0.39, 0.29) is 17.6 Å². The summed E-state index contributed by atoms with van der Waals surface area (Å²) in [6.07, 6.45) is 6.43. The standard InChI is InChI=1S/C14H23N3O2/c1-11(2)9-17-7-6-15-12(13(17)19)16-10-14(3-4-14)5-8-18/h6-7,11,18H,3-5,8-10H2,1-2H3,(H,15,16). The molecule has 0 atom stereocenters. The summed E-state index contributed by atoms with van der Waals surface area (Å²) in [4.78, 5) is 16.3. The van der Waals surface area contributed by atoms with Crippen molar-refractivity contribution in [1.82, 2.24) is 9.55 Å². The van der Waals surface area contributed by atoms with Gasteiger partial charge in [0.25, 0.3) is 5.56 Å². The van der Waals surface area contributed by atoms with Crippen LogP contribution in [0.3, 0.4) is 0 Å². The van der Waals surface area contributed by atoms with E-state index in [4.69, 9.17) is 5.11 Å². The fourth-order valence-corrected chi connectivity index (χ4v) is 2.31. The number of nitrogens with one attached hydrogen (secondary N) is 1. The van der Waals surface area contributed by atoms with Gasteiger partial charge >= 0.3 is 0 Å². The van der Waals surface area contributed by atoms with Gasteiger partial charge < -0.3 is 15.0 Å². The Bertz CT molecular complexity index is 478. The first-order valence-electron chi connectivity index (χ1n) is 6.96. The van der Waals surface area contributed by atoms with Gasteiger partial charge in [-0.15, -0.1) is 0 Å². The third kappa shape index (κ3) is 3.56. The molecule has 1 aliphatic carbocycles. The van der Waals surface area contributed by atoms with Gasteiger partial charge in [0.05, 0.1) is 0 Å². The molecule has 0 unspecified atom stereocenters. The summed E-state index contributed by atoms with van der Waals surface area (Å²) in [6.45, 7) is 5.81. The minimum atomic E-state index is -0.0593. The first-order valence-corrected chi connectivity index (χ1v) is 6.96. The van der Waals surface area contributed by atoms with Gasteiger partial charge in [-0.2, -0.15) is 0 Å². The second kappa shape index (κ2) is 5.74. The highest BCUT2D eigenvalue weighted by atomic mass is 16.3. The SMILES string of the molecule is CC(C)Cn1ccnc(NCC2(CCO)CC2)c1=O. The summed E-state index contributed by atoms with van der Waals surface area (Å²) in [6, 6.07) is 0. The number of aliphatic hydroxyl groups is 1. The first kappa shape index (κ1) is 14.1. The molecule has 0 amide bonds. The maximum Gasteiger partial charge on any atom is 0.293 e. The second-order valence-electron chi connectivity index (χ2n) is 5.95. The number of hydrogen-bond donors (Lipinski definition) is 2. The quantitative estimate of drug-likeness (QED) is 0.783. The van der Waals surface area contributed by atoms with Crippen LogP contribution < -0.4 is 10.9 Å². The number of aromatic nitrogens is 2. The smallest absolute Gasteiger partial charge is 0.293 e. The van der Waals surface area contributed by atoms with Gasteiger partial charge in [-0.3, -0.25) is 4.79 Å². The topological polar surface area (TPSA) is 67.2 Å². The van der Waals surface area contributed by atoms with E-state index in [1.807, 2.05) is 0 Å². The van der Waals surface area contributed by atoms with Gasteiger partial charge in [0.15, 0.2) is 5.82 Å². The predicted octanol–water partition coefficient (Wildman–Crippen LogP) is 1.47. The zero-order chi connectivity index (χ0) is 13.9. The van der Waals surface area contributed by atoms with Crippen molar-refractivity contribution in [1.29, 1.82) is 0 Å². The first-order chi connectivity index (χ1) is 9.06. The minimum Gasteiger partial charge on any atom is -0.396 e. The van der Waals surface area contributed by atoms with Crippen molar-refractivity contribution < 1.29 is 5.11 Å². The molecule has 1 aliphatic rings. The van der Waals surface area contributed by atoms with Crippen LogP contribution in [0.5, 0.6) is 0 Å². The number of aliphatic hydroxyl groups excluding tert-OH is 1. The number of anilines is 1. The molecule has 1 saturated carbocycles. The average molecular weight is 265 g/mol. The maximum absolute atomic E-state index is 12.2.